The maximum atomic E-state index is 12.2. The third kappa shape index (κ3) is 5.03. The van der Waals surface area contributed by atoms with Crippen LogP contribution in [0.1, 0.15) is 17.2 Å². The van der Waals surface area contributed by atoms with Gasteiger partial charge in [0.1, 0.15) is 5.82 Å². The Morgan fingerprint density at radius 1 is 1.17 bits per heavy atom. The van der Waals surface area contributed by atoms with Gasteiger partial charge in [-0.05, 0) is 26.6 Å². The maximum absolute atomic E-state index is 12.2. The molecule has 0 saturated heterocycles. The van der Waals surface area contributed by atoms with E-state index in [4.69, 9.17) is 0 Å². The zero-order valence-corrected chi connectivity index (χ0v) is 14.7. The van der Waals surface area contributed by atoms with Crippen LogP contribution in [0.2, 0.25) is 0 Å². The second kappa shape index (κ2) is 8.40. The molecule has 0 spiro atoms. The minimum Gasteiger partial charge on any atom is -0.353 e. The van der Waals surface area contributed by atoms with Crippen LogP contribution in [0.4, 0.5) is 5.82 Å². The highest BCUT2D eigenvalue weighted by Gasteiger charge is 2.16. The predicted octanol–water partition coefficient (Wildman–Crippen LogP) is 1.64. The van der Waals surface area contributed by atoms with Crippen molar-refractivity contribution in [3.63, 3.8) is 0 Å². The summed E-state index contributed by atoms with van der Waals surface area (Å²) in [5.41, 5.74) is 2.42. The average molecular weight is 327 g/mol. The van der Waals surface area contributed by atoms with Crippen LogP contribution in [-0.4, -0.2) is 55.0 Å². The van der Waals surface area contributed by atoms with E-state index in [1.165, 1.54) is 11.1 Å². The zero-order valence-electron chi connectivity index (χ0n) is 14.7. The molecule has 1 aromatic carbocycles. The lowest BCUT2D eigenvalue weighted by molar-refractivity contribution is -0.119. The molecule has 0 aliphatic heterocycles. The summed E-state index contributed by atoms with van der Waals surface area (Å²) in [6.45, 7) is 2.87. The van der Waals surface area contributed by atoms with E-state index >= 15 is 0 Å². The molecule has 0 bridgehead atoms. The molecule has 6 nitrogen and oxygen atoms in total. The zero-order chi connectivity index (χ0) is 17.5. The minimum atomic E-state index is -0.0397. The van der Waals surface area contributed by atoms with Crippen LogP contribution < -0.4 is 10.2 Å². The molecule has 0 aliphatic rings. The molecule has 0 fully saturated rings. The van der Waals surface area contributed by atoms with Crippen molar-refractivity contribution in [2.45, 2.75) is 13.0 Å². The number of hydrogen-bond acceptors (Lipinski definition) is 5. The summed E-state index contributed by atoms with van der Waals surface area (Å²) in [7, 11) is 5.86. The van der Waals surface area contributed by atoms with Gasteiger partial charge in [-0.3, -0.25) is 9.78 Å². The number of aromatic nitrogens is 2. The first-order chi connectivity index (χ1) is 11.5. The highest BCUT2D eigenvalue weighted by molar-refractivity contribution is 5.80. The van der Waals surface area contributed by atoms with Crippen molar-refractivity contribution in [1.29, 1.82) is 0 Å². The fourth-order valence-electron chi connectivity index (χ4n) is 2.44. The standard InChI is InChI=1S/C18H25N5O/c1-14-5-7-15(8-6-14)16(22(2)3)11-21-18(24)13-23(4)17-12-19-9-10-20-17/h5-10,12,16H,11,13H2,1-4H3,(H,21,24)/t16-/m1/s1. The molecule has 0 unspecified atom stereocenters. The van der Waals surface area contributed by atoms with Crippen LogP contribution >= 0.6 is 0 Å². The molecular formula is C18H25N5O. The third-order valence-electron chi connectivity index (χ3n) is 3.90. The maximum Gasteiger partial charge on any atom is 0.239 e. The molecule has 0 radical (unpaired) electrons. The number of benzene rings is 1. The van der Waals surface area contributed by atoms with Crippen molar-refractivity contribution in [3.05, 3.63) is 54.0 Å². The average Bonchev–Trinajstić information content (AvgIpc) is 2.57. The lowest BCUT2D eigenvalue weighted by Crippen LogP contribution is -2.40. The van der Waals surface area contributed by atoms with E-state index in [1.807, 2.05) is 21.1 Å². The molecule has 24 heavy (non-hydrogen) atoms. The monoisotopic (exact) mass is 327 g/mol. The van der Waals surface area contributed by atoms with Crippen LogP contribution in [0.15, 0.2) is 42.9 Å². The molecule has 2 aromatic rings. The SMILES string of the molecule is Cc1ccc([C@@H](CNC(=O)CN(C)c2cnccn2)N(C)C)cc1. The predicted molar refractivity (Wildman–Crippen MR) is 95.9 cm³/mol. The van der Waals surface area contributed by atoms with Crippen LogP contribution in [0, 0.1) is 6.92 Å². The number of likely N-dealkylation sites (N-methyl/N-ethyl adjacent to an activating group) is 2. The summed E-state index contributed by atoms with van der Waals surface area (Å²) in [6.07, 6.45) is 4.87. The molecule has 2 rings (SSSR count). The van der Waals surface area contributed by atoms with Gasteiger partial charge in [-0.2, -0.15) is 0 Å². The van der Waals surface area contributed by atoms with E-state index in [-0.39, 0.29) is 18.5 Å². The van der Waals surface area contributed by atoms with Gasteiger partial charge in [-0.1, -0.05) is 29.8 Å². The topological polar surface area (TPSA) is 61.4 Å². The van der Waals surface area contributed by atoms with Crippen LogP contribution in [0.5, 0.6) is 0 Å². The summed E-state index contributed by atoms with van der Waals surface area (Å²) in [4.78, 5) is 24.3. The number of carbonyl (C=O) groups excluding carboxylic acids is 1. The summed E-state index contributed by atoms with van der Waals surface area (Å²) in [6, 6.07) is 8.54. The molecule has 128 valence electrons. The molecule has 1 N–H and O–H groups in total. The molecule has 1 atom stereocenters. The Labute approximate surface area is 143 Å². The largest absolute Gasteiger partial charge is 0.353 e. The molecule has 1 aromatic heterocycles. The van der Waals surface area contributed by atoms with Crippen LogP contribution in [0.25, 0.3) is 0 Å². The number of aryl methyl sites for hydroxylation is 1. The van der Waals surface area contributed by atoms with Gasteiger partial charge in [0.2, 0.25) is 5.91 Å². The first-order valence-corrected chi connectivity index (χ1v) is 7.94. The third-order valence-corrected chi connectivity index (χ3v) is 3.90. The van der Waals surface area contributed by atoms with Crippen molar-refractivity contribution in [3.8, 4) is 0 Å². The summed E-state index contributed by atoms with van der Waals surface area (Å²) < 4.78 is 0. The van der Waals surface area contributed by atoms with E-state index in [9.17, 15) is 4.79 Å². The number of amides is 1. The van der Waals surface area contributed by atoms with Gasteiger partial charge < -0.3 is 15.1 Å². The van der Waals surface area contributed by atoms with Crippen molar-refractivity contribution in [1.82, 2.24) is 20.2 Å². The van der Waals surface area contributed by atoms with Gasteiger partial charge in [0.05, 0.1) is 18.8 Å². The van der Waals surface area contributed by atoms with Crippen molar-refractivity contribution in [2.24, 2.45) is 0 Å². The Balaban J connectivity index is 1.92. The van der Waals surface area contributed by atoms with E-state index in [0.29, 0.717) is 12.4 Å². The first-order valence-electron chi connectivity index (χ1n) is 7.94. The molecule has 1 heterocycles. The van der Waals surface area contributed by atoms with Gasteiger partial charge in [-0.25, -0.2) is 4.98 Å². The number of carbonyl (C=O) groups is 1. The van der Waals surface area contributed by atoms with Gasteiger partial charge in [-0.15, -0.1) is 0 Å². The first kappa shape index (κ1) is 17.9. The summed E-state index contributed by atoms with van der Waals surface area (Å²) in [5, 5.41) is 3.01. The normalized spacial score (nSPS) is 12.0. The molecule has 0 aliphatic carbocycles. The number of nitrogens with one attached hydrogen (secondary N) is 1. The van der Waals surface area contributed by atoms with Crippen molar-refractivity contribution in [2.75, 3.05) is 39.1 Å². The van der Waals surface area contributed by atoms with Crippen LogP contribution in [-0.2, 0) is 4.79 Å². The Morgan fingerprint density at radius 3 is 2.46 bits per heavy atom. The summed E-state index contributed by atoms with van der Waals surface area (Å²) >= 11 is 0. The molecule has 0 saturated carbocycles. The fourth-order valence-corrected chi connectivity index (χ4v) is 2.44. The molecule has 6 heteroatoms. The van der Waals surface area contributed by atoms with Gasteiger partial charge in [0.25, 0.3) is 0 Å². The quantitative estimate of drug-likeness (QED) is 0.838. The van der Waals surface area contributed by atoms with Gasteiger partial charge in [0, 0.05) is 26.0 Å². The highest BCUT2D eigenvalue weighted by Crippen LogP contribution is 2.17. The van der Waals surface area contributed by atoms with Gasteiger partial charge >= 0.3 is 0 Å². The van der Waals surface area contributed by atoms with E-state index in [2.05, 4.69) is 51.4 Å². The van der Waals surface area contributed by atoms with E-state index < -0.39 is 0 Å². The van der Waals surface area contributed by atoms with Crippen molar-refractivity contribution >= 4 is 11.7 Å². The van der Waals surface area contributed by atoms with Crippen LogP contribution in [0.3, 0.4) is 0 Å². The fraction of sp³-hybridized carbons (Fsp3) is 0.389. The Kier molecular flexibility index (Phi) is 6.26. The lowest BCUT2D eigenvalue weighted by Gasteiger charge is -2.26. The smallest absolute Gasteiger partial charge is 0.239 e. The Hall–Kier alpha value is -2.47. The van der Waals surface area contributed by atoms with E-state index in [1.54, 1.807) is 23.5 Å². The second-order valence-electron chi connectivity index (χ2n) is 6.11. The molecule has 1 amide bonds. The Bertz CT molecular complexity index is 642. The van der Waals surface area contributed by atoms with E-state index in [0.717, 1.165) is 0 Å². The number of hydrogen-bond donors (Lipinski definition) is 1. The minimum absolute atomic E-state index is 0.0397. The molecular weight excluding hydrogens is 302 g/mol. The lowest BCUT2D eigenvalue weighted by atomic mass is 10.0. The summed E-state index contributed by atoms with van der Waals surface area (Å²) in [5.74, 6) is 0.637. The number of rotatable bonds is 7. The number of anilines is 1. The second-order valence-corrected chi connectivity index (χ2v) is 6.11. The Morgan fingerprint density at radius 2 is 1.88 bits per heavy atom. The van der Waals surface area contributed by atoms with Crippen molar-refractivity contribution < 1.29 is 4.79 Å². The highest BCUT2D eigenvalue weighted by atomic mass is 16.2. The number of nitrogens with zero attached hydrogens (tertiary/aromatic N) is 4. The van der Waals surface area contributed by atoms with Gasteiger partial charge in [0.15, 0.2) is 0 Å².